The fourth-order valence-electron chi connectivity index (χ4n) is 8.93. The number of hydrogen-bond acceptors (Lipinski definition) is 4. The summed E-state index contributed by atoms with van der Waals surface area (Å²) < 4.78 is 1.42. The third kappa shape index (κ3) is 4.65. The Kier molecular flexibility index (Phi) is 6.91. The van der Waals surface area contributed by atoms with Gasteiger partial charge in [-0.05, 0) is 79.2 Å². The third-order valence-corrected chi connectivity index (χ3v) is 12.3. The zero-order valence-electron chi connectivity index (χ0n) is 25.3. The lowest BCUT2D eigenvalue weighted by molar-refractivity contribution is 0.102. The second-order valence-corrected chi connectivity index (χ2v) is 14.6. The van der Waals surface area contributed by atoms with Gasteiger partial charge in [0.1, 0.15) is 0 Å². The van der Waals surface area contributed by atoms with E-state index >= 15 is 0 Å². The van der Waals surface area contributed by atoms with Crippen molar-refractivity contribution < 1.29 is 0 Å². The largest absolute Gasteiger partial charge is 0.276 e. The highest BCUT2D eigenvalue weighted by Crippen LogP contribution is 2.45. The number of nitrogens with one attached hydrogen (secondary N) is 1. The van der Waals surface area contributed by atoms with Crippen LogP contribution in [0.4, 0.5) is 0 Å². The van der Waals surface area contributed by atoms with Crippen molar-refractivity contribution in [2.45, 2.75) is 75.8 Å². The predicted molar refractivity (Wildman–Crippen MR) is 186 cm³/mol. The van der Waals surface area contributed by atoms with Crippen LogP contribution >= 0.6 is 11.3 Å². The molecule has 7 unspecified atom stereocenters. The van der Waals surface area contributed by atoms with Gasteiger partial charge in [0.15, 0.2) is 6.29 Å². The van der Waals surface area contributed by atoms with Gasteiger partial charge in [-0.3, -0.25) is 15.2 Å². The van der Waals surface area contributed by atoms with Gasteiger partial charge in [0.2, 0.25) is 0 Å². The van der Waals surface area contributed by atoms with Crippen molar-refractivity contribution in [1.29, 1.82) is 0 Å². The zero-order valence-corrected chi connectivity index (χ0v) is 26.1. The van der Waals surface area contributed by atoms with Crippen LogP contribution in [0.15, 0.2) is 119 Å². The number of aliphatic imine (C=N–C) groups is 1. The fourth-order valence-corrected chi connectivity index (χ4v) is 10.2. The van der Waals surface area contributed by atoms with Gasteiger partial charge in [0.05, 0.1) is 0 Å². The van der Waals surface area contributed by atoms with Crippen LogP contribution in [0, 0.1) is 17.8 Å². The third-order valence-electron chi connectivity index (χ3n) is 11.1. The maximum Gasteiger partial charge on any atom is 0.157 e. The highest BCUT2D eigenvalue weighted by molar-refractivity contribution is 7.20. The van der Waals surface area contributed by atoms with Gasteiger partial charge in [0.25, 0.3) is 0 Å². The molecule has 222 valence electrons. The van der Waals surface area contributed by atoms with Gasteiger partial charge in [-0.1, -0.05) is 96.7 Å². The maximum atomic E-state index is 5.57. The summed E-state index contributed by atoms with van der Waals surface area (Å²) in [5.41, 5.74) is 7.20. The van der Waals surface area contributed by atoms with Crippen LogP contribution in [0.1, 0.15) is 55.4 Å². The van der Waals surface area contributed by atoms with Gasteiger partial charge < -0.3 is 0 Å². The average molecular weight is 596 g/mol. The van der Waals surface area contributed by atoms with Crippen LogP contribution in [0.5, 0.6) is 0 Å². The van der Waals surface area contributed by atoms with Crippen LogP contribution in [0.25, 0.3) is 16.2 Å². The van der Waals surface area contributed by atoms with Crippen molar-refractivity contribution in [3.05, 3.63) is 124 Å². The number of nitrogens with zero attached hydrogens (tertiary/aromatic N) is 2. The van der Waals surface area contributed by atoms with Gasteiger partial charge in [-0.15, -0.1) is 11.3 Å². The number of thiophene rings is 1. The minimum absolute atomic E-state index is 0.00964. The molecule has 1 N–H and O–H groups in total. The summed E-state index contributed by atoms with van der Waals surface area (Å²) in [6, 6.07) is 10.1. The van der Waals surface area contributed by atoms with Gasteiger partial charge >= 0.3 is 0 Å². The van der Waals surface area contributed by atoms with Crippen LogP contribution in [0.2, 0.25) is 0 Å². The minimum Gasteiger partial charge on any atom is -0.276 e. The Morgan fingerprint density at radius 1 is 0.886 bits per heavy atom. The lowest BCUT2D eigenvalue weighted by Gasteiger charge is -2.41. The first kappa shape index (κ1) is 27.0. The van der Waals surface area contributed by atoms with Crippen LogP contribution < -0.4 is 5.32 Å². The van der Waals surface area contributed by atoms with Gasteiger partial charge in [-0.2, -0.15) is 0 Å². The molecule has 4 heteroatoms. The SMILES string of the molecule is C1=CC2C3C=CCCC3N(C3N=C(C4=CCC(C5=Cc6sc7ccccc7c6CC5)C=C4)CC(C4=CCCC=C4)N3)C2C=C1. The molecule has 2 aromatic rings. The van der Waals surface area contributed by atoms with Crippen LogP contribution in [-0.4, -0.2) is 35.0 Å². The molecule has 1 saturated heterocycles. The maximum absolute atomic E-state index is 5.57. The lowest BCUT2D eigenvalue weighted by Crippen LogP contribution is -2.57. The molecule has 5 aliphatic carbocycles. The molecular weight excluding hydrogens is 555 g/mol. The van der Waals surface area contributed by atoms with E-state index in [1.54, 1.807) is 11.1 Å². The van der Waals surface area contributed by atoms with Crippen molar-refractivity contribution in [1.82, 2.24) is 10.2 Å². The standard InChI is InChI=1S/C40H41N3S/c1-2-10-27(11-3-1)34-25-35(42-40(41-34)43-36-15-7-4-12-30(36)31-13-5-8-16-37(31)43)28-20-18-26(19-21-28)29-22-23-33-32-14-6-9-17-38(32)44-39(33)24-29/h2,4-7,9-15,17-18,20-21,24,26,30-31,34,36-37,40-41H,1,3,8,16,19,22-23,25H2. The molecule has 0 bridgehead atoms. The number of rotatable bonds is 4. The Balaban J connectivity index is 1.01. The van der Waals surface area contributed by atoms with Crippen molar-refractivity contribution >= 4 is 33.2 Å². The first-order valence-corrected chi connectivity index (χ1v) is 17.7. The normalized spacial score (nSPS) is 34.2. The average Bonchev–Trinajstić information content (AvgIpc) is 3.64. The van der Waals surface area contributed by atoms with E-state index in [0.29, 0.717) is 35.9 Å². The molecule has 9 rings (SSSR count). The number of hydrogen-bond donors (Lipinski definition) is 1. The van der Waals surface area contributed by atoms with Crippen molar-refractivity contribution in [3.8, 4) is 0 Å². The Bertz CT molecular complexity index is 1760. The molecular formula is C40H41N3S. The smallest absolute Gasteiger partial charge is 0.157 e. The summed E-state index contributed by atoms with van der Waals surface area (Å²) in [5, 5.41) is 5.52. The van der Waals surface area contributed by atoms with Gasteiger partial charge in [-0.25, -0.2) is 0 Å². The molecule has 1 aromatic carbocycles. The van der Waals surface area contributed by atoms with Gasteiger partial charge in [0, 0.05) is 57.6 Å². The van der Waals surface area contributed by atoms with E-state index in [2.05, 4.69) is 113 Å². The molecule has 44 heavy (non-hydrogen) atoms. The fraction of sp³-hybridized carbons (Fsp3) is 0.375. The summed E-state index contributed by atoms with van der Waals surface area (Å²) in [6.07, 6.45) is 40.4. The Morgan fingerprint density at radius 2 is 1.84 bits per heavy atom. The topological polar surface area (TPSA) is 27.6 Å². The number of allylic oxidation sites excluding steroid dienone is 10. The van der Waals surface area contributed by atoms with Crippen molar-refractivity contribution in [3.63, 3.8) is 0 Å². The summed E-state index contributed by atoms with van der Waals surface area (Å²) >= 11 is 1.96. The molecule has 0 saturated carbocycles. The summed E-state index contributed by atoms with van der Waals surface area (Å²) in [7, 11) is 0. The van der Waals surface area contributed by atoms with E-state index in [4.69, 9.17) is 4.99 Å². The van der Waals surface area contributed by atoms with E-state index in [1.807, 2.05) is 11.3 Å². The summed E-state index contributed by atoms with van der Waals surface area (Å²) in [5.74, 6) is 1.60. The van der Waals surface area contributed by atoms with E-state index in [9.17, 15) is 0 Å². The summed E-state index contributed by atoms with van der Waals surface area (Å²) in [4.78, 5) is 9.79. The highest BCUT2D eigenvalue weighted by Gasteiger charge is 2.50. The molecule has 0 spiro atoms. The van der Waals surface area contributed by atoms with E-state index in [0.717, 1.165) is 38.5 Å². The van der Waals surface area contributed by atoms with E-state index in [1.165, 1.54) is 44.7 Å². The number of likely N-dealkylation sites (tertiary alicyclic amines) is 1. The minimum atomic E-state index is -0.00964. The molecule has 2 aliphatic heterocycles. The molecule has 0 radical (unpaired) electrons. The molecule has 3 nitrogen and oxygen atoms in total. The van der Waals surface area contributed by atoms with Crippen molar-refractivity contribution in [2.75, 3.05) is 0 Å². The predicted octanol–water partition coefficient (Wildman–Crippen LogP) is 8.86. The zero-order chi connectivity index (χ0) is 29.0. The van der Waals surface area contributed by atoms with E-state index < -0.39 is 0 Å². The molecule has 7 atom stereocenters. The summed E-state index contributed by atoms with van der Waals surface area (Å²) in [6.45, 7) is 0. The van der Waals surface area contributed by atoms with Crippen molar-refractivity contribution in [2.24, 2.45) is 22.7 Å². The monoisotopic (exact) mass is 595 g/mol. The Morgan fingerprint density at radius 3 is 2.75 bits per heavy atom. The Hall–Kier alpha value is -3.31. The molecule has 1 fully saturated rings. The number of benzene rings is 1. The second-order valence-electron chi connectivity index (χ2n) is 13.5. The molecule has 3 heterocycles. The molecule has 1 aromatic heterocycles. The lowest BCUT2D eigenvalue weighted by atomic mass is 9.81. The molecule has 7 aliphatic rings. The van der Waals surface area contributed by atoms with Crippen LogP contribution in [0.3, 0.4) is 0 Å². The quantitative estimate of drug-likeness (QED) is 0.358. The first-order chi connectivity index (χ1) is 21.8. The number of aryl methyl sites for hydroxylation is 1. The molecule has 0 amide bonds. The second kappa shape index (κ2) is 11.2. The first-order valence-electron chi connectivity index (χ1n) is 16.9. The van der Waals surface area contributed by atoms with E-state index in [-0.39, 0.29) is 6.29 Å². The number of fused-ring (bicyclic) bond motifs is 6. The highest BCUT2D eigenvalue weighted by atomic mass is 32.1. The Labute approximate surface area is 265 Å². The van der Waals surface area contributed by atoms with Crippen LogP contribution in [-0.2, 0) is 6.42 Å².